The van der Waals surface area contributed by atoms with Crippen LogP contribution in [-0.2, 0) is 13.0 Å². The third kappa shape index (κ3) is 2.84. The highest BCUT2D eigenvalue weighted by Gasteiger charge is 2.14. The molecule has 0 saturated heterocycles. The Morgan fingerprint density at radius 2 is 2.25 bits per heavy atom. The van der Waals surface area contributed by atoms with E-state index in [-0.39, 0.29) is 0 Å². The first kappa shape index (κ1) is 13.5. The number of aliphatic imine (C=N–C) groups is 1. The molecule has 0 spiro atoms. The van der Waals surface area contributed by atoms with E-state index in [1.807, 2.05) is 18.3 Å². The van der Waals surface area contributed by atoms with Crippen molar-refractivity contribution in [1.82, 2.24) is 14.5 Å². The molecule has 0 saturated carbocycles. The van der Waals surface area contributed by atoms with Crippen molar-refractivity contribution in [2.75, 3.05) is 7.11 Å². The molecule has 1 aliphatic heterocycles. The average Bonchev–Trinajstić information content (AvgIpc) is 2.86. The molecule has 20 heavy (non-hydrogen) atoms. The molecule has 1 aliphatic rings. The van der Waals surface area contributed by atoms with Gasteiger partial charge in [0.05, 0.1) is 13.3 Å². The van der Waals surface area contributed by atoms with Crippen LogP contribution in [0.5, 0.6) is 5.75 Å². The molecule has 5 nitrogen and oxygen atoms in total. The molecule has 0 fully saturated rings. The van der Waals surface area contributed by atoms with Crippen LogP contribution in [0, 0.1) is 3.83 Å². The van der Waals surface area contributed by atoms with Crippen LogP contribution in [0.2, 0.25) is 0 Å². The summed E-state index contributed by atoms with van der Waals surface area (Å²) >= 11 is 2.24. The molecule has 104 valence electrons. The maximum Gasteiger partial charge on any atom is 0.172 e. The monoisotopic (exact) mass is 382 g/mol. The molecule has 0 radical (unpaired) electrons. The van der Waals surface area contributed by atoms with Gasteiger partial charge in [-0.1, -0.05) is 0 Å². The Morgan fingerprint density at radius 1 is 1.35 bits per heavy atom. The lowest BCUT2D eigenvalue weighted by molar-refractivity contribution is 0.413. The maximum atomic E-state index is 5.21. The van der Waals surface area contributed by atoms with E-state index in [4.69, 9.17) is 4.74 Å². The summed E-state index contributed by atoms with van der Waals surface area (Å²) in [6, 6.07) is 3.85. The Labute approximate surface area is 131 Å². The zero-order chi connectivity index (χ0) is 13.9. The van der Waals surface area contributed by atoms with Crippen LogP contribution in [0.15, 0.2) is 29.5 Å². The fraction of sp³-hybridized carbons (Fsp3) is 0.357. The standard InChI is InChI=1S/C14H15IN4O/c1-20-12-4-6-16-11(8-12)3-2-10-5-7-19-13(18-10)9-17-14(19)15/h4,6,8-9H,2-3,5,7H2,1H3. The summed E-state index contributed by atoms with van der Waals surface area (Å²) in [4.78, 5) is 13.3. The largest absolute Gasteiger partial charge is 0.497 e. The number of pyridine rings is 1. The fourth-order valence-electron chi connectivity index (χ4n) is 2.27. The minimum Gasteiger partial charge on any atom is -0.497 e. The van der Waals surface area contributed by atoms with Gasteiger partial charge >= 0.3 is 0 Å². The van der Waals surface area contributed by atoms with E-state index >= 15 is 0 Å². The van der Waals surface area contributed by atoms with Crippen LogP contribution in [0.4, 0.5) is 5.82 Å². The van der Waals surface area contributed by atoms with Crippen molar-refractivity contribution >= 4 is 34.1 Å². The van der Waals surface area contributed by atoms with Crippen molar-refractivity contribution in [3.63, 3.8) is 0 Å². The van der Waals surface area contributed by atoms with Gasteiger partial charge in [-0.3, -0.25) is 4.98 Å². The van der Waals surface area contributed by atoms with Gasteiger partial charge in [0.2, 0.25) is 0 Å². The van der Waals surface area contributed by atoms with Gasteiger partial charge in [-0.15, -0.1) is 0 Å². The maximum absolute atomic E-state index is 5.21. The summed E-state index contributed by atoms with van der Waals surface area (Å²) in [5.74, 6) is 1.82. The molecule has 0 unspecified atom stereocenters. The van der Waals surface area contributed by atoms with Gasteiger partial charge in [0, 0.05) is 36.6 Å². The van der Waals surface area contributed by atoms with Crippen molar-refractivity contribution in [2.45, 2.75) is 25.8 Å². The van der Waals surface area contributed by atoms with Gasteiger partial charge in [0.25, 0.3) is 0 Å². The van der Waals surface area contributed by atoms with Gasteiger partial charge in [-0.05, 0) is 41.5 Å². The number of nitrogens with zero attached hydrogens (tertiary/aromatic N) is 4. The smallest absolute Gasteiger partial charge is 0.172 e. The van der Waals surface area contributed by atoms with Crippen LogP contribution >= 0.6 is 22.6 Å². The predicted molar refractivity (Wildman–Crippen MR) is 85.8 cm³/mol. The zero-order valence-electron chi connectivity index (χ0n) is 11.2. The number of methoxy groups -OCH3 is 1. The lowest BCUT2D eigenvalue weighted by atomic mass is 10.1. The number of halogens is 1. The van der Waals surface area contributed by atoms with Crippen LogP contribution in [0.25, 0.3) is 0 Å². The molecule has 3 rings (SSSR count). The first-order chi connectivity index (χ1) is 9.76. The minimum atomic E-state index is 0.855. The number of hydrogen-bond donors (Lipinski definition) is 0. The second-order valence-corrected chi connectivity index (χ2v) is 5.62. The van der Waals surface area contributed by atoms with Gasteiger partial charge in [-0.25, -0.2) is 9.98 Å². The number of rotatable bonds is 4. The third-order valence-electron chi connectivity index (χ3n) is 3.38. The fourth-order valence-corrected chi connectivity index (χ4v) is 2.90. The van der Waals surface area contributed by atoms with Crippen molar-refractivity contribution in [3.8, 4) is 5.75 Å². The summed E-state index contributed by atoms with van der Waals surface area (Å²) in [5, 5.41) is 0. The first-order valence-electron chi connectivity index (χ1n) is 6.52. The van der Waals surface area contributed by atoms with E-state index in [1.54, 1.807) is 13.3 Å². The van der Waals surface area contributed by atoms with Crippen LogP contribution < -0.4 is 4.74 Å². The molecule has 2 aromatic heterocycles. The van der Waals surface area contributed by atoms with Gasteiger partial charge < -0.3 is 9.30 Å². The van der Waals surface area contributed by atoms with Crippen molar-refractivity contribution < 1.29 is 4.74 Å². The van der Waals surface area contributed by atoms with E-state index in [0.29, 0.717) is 0 Å². The highest BCUT2D eigenvalue weighted by atomic mass is 127. The Hall–Kier alpha value is -1.44. The Kier molecular flexibility index (Phi) is 4.00. The summed E-state index contributed by atoms with van der Waals surface area (Å²) in [6.45, 7) is 0.970. The molecule has 0 amide bonds. The number of aryl methyl sites for hydroxylation is 1. The molecule has 0 aliphatic carbocycles. The summed E-state index contributed by atoms with van der Waals surface area (Å²) in [6.07, 6.45) is 6.44. The normalized spacial score (nSPS) is 13.8. The molecule has 0 N–H and O–H groups in total. The predicted octanol–water partition coefficient (Wildman–Crippen LogP) is 3.00. The SMILES string of the molecule is COc1ccnc(CCC2=Nc3cnc(I)n3CC2)c1. The summed E-state index contributed by atoms with van der Waals surface area (Å²) < 4.78 is 8.37. The third-order valence-corrected chi connectivity index (χ3v) is 4.24. The number of imidazole rings is 1. The highest BCUT2D eigenvalue weighted by Crippen LogP contribution is 2.23. The van der Waals surface area contributed by atoms with E-state index in [1.165, 1.54) is 5.71 Å². The van der Waals surface area contributed by atoms with Crippen molar-refractivity contribution in [1.29, 1.82) is 0 Å². The second kappa shape index (κ2) is 5.90. The lowest BCUT2D eigenvalue weighted by Crippen LogP contribution is -2.13. The van der Waals surface area contributed by atoms with Crippen LogP contribution in [-0.4, -0.2) is 27.4 Å². The van der Waals surface area contributed by atoms with Crippen molar-refractivity contribution in [2.24, 2.45) is 4.99 Å². The summed E-state index contributed by atoms with van der Waals surface area (Å²) in [5.41, 5.74) is 2.26. The molecule has 0 atom stereocenters. The Bertz CT molecular complexity index is 650. The highest BCUT2D eigenvalue weighted by molar-refractivity contribution is 14.1. The average molecular weight is 382 g/mol. The lowest BCUT2D eigenvalue weighted by Gasteiger charge is -2.15. The zero-order valence-corrected chi connectivity index (χ0v) is 13.4. The van der Waals surface area contributed by atoms with Gasteiger partial charge in [0.15, 0.2) is 9.65 Å². The molecule has 0 aromatic carbocycles. The summed E-state index contributed by atoms with van der Waals surface area (Å²) in [7, 11) is 1.67. The molecule has 6 heteroatoms. The number of hydrogen-bond acceptors (Lipinski definition) is 4. The number of fused-ring (bicyclic) bond motifs is 1. The molecule has 2 aromatic rings. The molecular weight excluding hydrogens is 367 g/mol. The topological polar surface area (TPSA) is 52.3 Å². The Balaban J connectivity index is 1.68. The van der Waals surface area contributed by atoms with E-state index in [0.717, 1.165) is 46.9 Å². The van der Waals surface area contributed by atoms with Gasteiger partial charge in [0.1, 0.15) is 5.75 Å². The van der Waals surface area contributed by atoms with Crippen LogP contribution in [0.1, 0.15) is 18.5 Å². The Morgan fingerprint density at radius 3 is 3.10 bits per heavy atom. The molecular formula is C14H15IN4O. The number of ether oxygens (including phenoxy) is 1. The number of aromatic nitrogens is 3. The van der Waals surface area contributed by atoms with Crippen molar-refractivity contribution in [3.05, 3.63) is 34.1 Å². The first-order valence-corrected chi connectivity index (χ1v) is 7.60. The van der Waals surface area contributed by atoms with E-state index < -0.39 is 0 Å². The van der Waals surface area contributed by atoms with E-state index in [2.05, 4.69) is 42.1 Å². The van der Waals surface area contributed by atoms with E-state index in [9.17, 15) is 0 Å². The molecule has 0 bridgehead atoms. The quantitative estimate of drug-likeness (QED) is 0.764. The van der Waals surface area contributed by atoms with Gasteiger partial charge in [-0.2, -0.15) is 0 Å². The second-order valence-electron chi connectivity index (χ2n) is 4.65. The molecule has 3 heterocycles. The van der Waals surface area contributed by atoms with Crippen LogP contribution in [0.3, 0.4) is 0 Å². The minimum absolute atomic E-state index is 0.855.